The second-order valence-corrected chi connectivity index (χ2v) is 4.60. The fourth-order valence-corrected chi connectivity index (χ4v) is 2.04. The number of thiocarbonyl (C=S) groups is 1. The Kier molecular flexibility index (Phi) is 3.15. The number of H-pyrrole nitrogens is 1. The van der Waals surface area contributed by atoms with Crippen LogP contribution in [-0.4, -0.2) is 15.0 Å². The van der Waals surface area contributed by atoms with Crippen molar-refractivity contribution < 1.29 is 8.78 Å². The van der Waals surface area contributed by atoms with Gasteiger partial charge >= 0.3 is 0 Å². The molecule has 3 rings (SSSR count). The number of imidazole rings is 1. The molecule has 0 bridgehead atoms. The van der Waals surface area contributed by atoms with Gasteiger partial charge in [0, 0.05) is 17.8 Å². The predicted octanol–water partition coefficient (Wildman–Crippen LogP) is 3.63. The molecule has 0 aliphatic heterocycles. The molecule has 2 N–H and O–H groups in total. The maximum atomic E-state index is 13.1. The minimum Gasteiger partial charge on any atom is -0.344 e. The van der Waals surface area contributed by atoms with Crippen LogP contribution in [0.1, 0.15) is 5.82 Å². The van der Waals surface area contributed by atoms with E-state index in [4.69, 9.17) is 12.2 Å². The lowest BCUT2D eigenvalue weighted by atomic mass is 10.3. The van der Waals surface area contributed by atoms with E-state index in [-0.39, 0.29) is 0 Å². The average molecular weight is 289 g/mol. The number of anilines is 1. The molecule has 1 aromatic heterocycles. The molecule has 0 fully saturated rings. The maximum Gasteiger partial charge on any atom is 0.166 e. The van der Waals surface area contributed by atoms with Gasteiger partial charge in [-0.1, -0.05) is 30.4 Å². The highest BCUT2D eigenvalue weighted by molar-refractivity contribution is 7.81. The Balaban J connectivity index is 1.92. The average Bonchev–Trinajstić information content (AvgIpc) is 2.83. The number of benzene rings is 2. The number of para-hydroxylation sites is 1. The summed E-state index contributed by atoms with van der Waals surface area (Å²) in [5, 5.41) is 3.00. The zero-order chi connectivity index (χ0) is 14.1. The quantitative estimate of drug-likeness (QED) is 0.708. The Morgan fingerprint density at radius 3 is 2.55 bits per heavy atom. The van der Waals surface area contributed by atoms with Gasteiger partial charge in [0.25, 0.3) is 0 Å². The molecule has 3 nitrogen and oxygen atoms in total. The van der Waals surface area contributed by atoms with E-state index in [0.29, 0.717) is 21.8 Å². The fourth-order valence-electron chi connectivity index (χ4n) is 1.82. The summed E-state index contributed by atoms with van der Waals surface area (Å²) in [4.78, 5) is 7.36. The Morgan fingerprint density at radius 2 is 1.80 bits per heavy atom. The Morgan fingerprint density at radius 1 is 1.10 bits per heavy atom. The maximum absolute atomic E-state index is 13.1. The van der Waals surface area contributed by atoms with Gasteiger partial charge in [0.15, 0.2) is 17.5 Å². The molecule has 0 saturated heterocycles. The van der Waals surface area contributed by atoms with Crippen LogP contribution in [0.5, 0.6) is 0 Å². The third-order valence-corrected chi connectivity index (χ3v) is 3.07. The van der Waals surface area contributed by atoms with Crippen LogP contribution < -0.4 is 5.32 Å². The lowest BCUT2D eigenvalue weighted by Crippen LogP contribution is -2.11. The molecule has 1 heterocycles. The van der Waals surface area contributed by atoms with Gasteiger partial charge in [0.1, 0.15) is 4.99 Å². The van der Waals surface area contributed by atoms with Crippen molar-refractivity contribution in [3.05, 3.63) is 59.9 Å². The van der Waals surface area contributed by atoms with E-state index >= 15 is 0 Å². The molecule has 3 aromatic rings. The van der Waals surface area contributed by atoms with Gasteiger partial charge in [-0.05, 0) is 12.1 Å². The van der Waals surface area contributed by atoms with Crippen LogP contribution in [0.4, 0.5) is 14.5 Å². The Hall–Kier alpha value is -2.34. The van der Waals surface area contributed by atoms with Crippen molar-refractivity contribution in [2.45, 2.75) is 0 Å². The van der Waals surface area contributed by atoms with Crippen molar-refractivity contribution in [1.82, 2.24) is 9.97 Å². The van der Waals surface area contributed by atoms with Crippen molar-refractivity contribution in [3.8, 4) is 0 Å². The van der Waals surface area contributed by atoms with Crippen molar-refractivity contribution in [3.63, 3.8) is 0 Å². The van der Waals surface area contributed by atoms with E-state index in [2.05, 4.69) is 15.3 Å². The molecule has 2 aromatic carbocycles. The SMILES string of the molecule is Fc1cc2nc(C(=S)Nc3ccccc3)[nH]c2cc1F. The molecule has 0 radical (unpaired) electrons. The van der Waals surface area contributed by atoms with Gasteiger partial charge < -0.3 is 10.3 Å². The molecular formula is C14H9F2N3S. The van der Waals surface area contributed by atoms with Crippen LogP contribution in [0.3, 0.4) is 0 Å². The predicted molar refractivity (Wildman–Crippen MR) is 77.8 cm³/mol. The molecule has 0 spiro atoms. The van der Waals surface area contributed by atoms with Crippen molar-refractivity contribution in [1.29, 1.82) is 0 Å². The van der Waals surface area contributed by atoms with E-state index in [1.165, 1.54) is 0 Å². The van der Waals surface area contributed by atoms with E-state index in [9.17, 15) is 8.78 Å². The van der Waals surface area contributed by atoms with Gasteiger partial charge in [-0.25, -0.2) is 13.8 Å². The summed E-state index contributed by atoms with van der Waals surface area (Å²) >= 11 is 5.22. The molecule has 20 heavy (non-hydrogen) atoms. The molecule has 0 atom stereocenters. The van der Waals surface area contributed by atoms with Crippen molar-refractivity contribution in [2.24, 2.45) is 0 Å². The van der Waals surface area contributed by atoms with Crippen LogP contribution in [0.2, 0.25) is 0 Å². The van der Waals surface area contributed by atoms with Crippen LogP contribution in [0, 0.1) is 11.6 Å². The molecule has 0 aliphatic carbocycles. The lowest BCUT2D eigenvalue weighted by Gasteiger charge is -2.04. The number of rotatable bonds is 2. The number of halogens is 2. The summed E-state index contributed by atoms with van der Waals surface area (Å²) in [6, 6.07) is 11.4. The van der Waals surface area contributed by atoms with E-state index in [1.54, 1.807) is 0 Å². The standard InChI is InChI=1S/C14H9F2N3S/c15-9-6-11-12(7-10(9)16)19-13(18-11)14(20)17-8-4-2-1-3-5-8/h1-7H,(H,17,20)(H,18,19). The molecular weight excluding hydrogens is 280 g/mol. The highest BCUT2D eigenvalue weighted by Gasteiger charge is 2.11. The second-order valence-electron chi connectivity index (χ2n) is 4.19. The van der Waals surface area contributed by atoms with Crippen LogP contribution in [0.25, 0.3) is 11.0 Å². The number of aromatic amines is 1. The van der Waals surface area contributed by atoms with Crippen LogP contribution in [0.15, 0.2) is 42.5 Å². The minimum absolute atomic E-state index is 0.330. The third-order valence-electron chi connectivity index (χ3n) is 2.77. The fraction of sp³-hybridized carbons (Fsp3) is 0. The second kappa shape index (κ2) is 4.97. The number of nitrogens with zero attached hydrogens (tertiary/aromatic N) is 1. The highest BCUT2D eigenvalue weighted by Crippen LogP contribution is 2.17. The first-order valence-electron chi connectivity index (χ1n) is 5.84. The summed E-state index contributed by atoms with van der Waals surface area (Å²) < 4.78 is 26.3. The van der Waals surface area contributed by atoms with Gasteiger partial charge in [-0.3, -0.25) is 0 Å². The van der Waals surface area contributed by atoms with Gasteiger partial charge in [0.2, 0.25) is 0 Å². The van der Waals surface area contributed by atoms with E-state index in [0.717, 1.165) is 17.8 Å². The summed E-state index contributed by atoms with van der Waals surface area (Å²) in [6.45, 7) is 0. The Labute approximate surface area is 118 Å². The summed E-state index contributed by atoms with van der Waals surface area (Å²) in [6.07, 6.45) is 0. The monoisotopic (exact) mass is 289 g/mol. The molecule has 100 valence electrons. The van der Waals surface area contributed by atoms with Crippen LogP contribution >= 0.6 is 12.2 Å². The number of hydrogen-bond donors (Lipinski definition) is 2. The van der Waals surface area contributed by atoms with Crippen LogP contribution in [-0.2, 0) is 0 Å². The summed E-state index contributed by atoms with van der Waals surface area (Å²) in [5.74, 6) is -1.49. The number of fused-ring (bicyclic) bond motifs is 1. The van der Waals surface area contributed by atoms with Gasteiger partial charge in [0.05, 0.1) is 11.0 Å². The zero-order valence-electron chi connectivity index (χ0n) is 10.2. The van der Waals surface area contributed by atoms with Crippen molar-refractivity contribution >= 4 is 33.9 Å². The van der Waals surface area contributed by atoms with E-state index in [1.807, 2.05) is 30.3 Å². The topological polar surface area (TPSA) is 40.7 Å². The number of hydrogen-bond acceptors (Lipinski definition) is 2. The van der Waals surface area contributed by atoms with Gasteiger partial charge in [-0.15, -0.1) is 0 Å². The summed E-state index contributed by atoms with van der Waals surface area (Å²) in [5.41, 5.74) is 1.54. The first-order chi connectivity index (χ1) is 9.63. The first-order valence-corrected chi connectivity index (χ1v) is 6.25. The van der Waals surface area contributed by atoms with Crippen molar-refractivity contribution in [2.75, 3.05) is 5.32 Å². The molecule has 0 saturated carbocycles. The number of aromatic nitrogens is 2. The normalized spacial score (nSPS) is 10.7. The molecule has 0 unspecified atom stereocenters. The smallest absolute Gasteiger partial charge is 0.166 e. The Bertz CT molecular complexity index is 745. The van der Waals surface area contributed by atoms with E-state index < -0.39 is 11.6 Å². The zero-order valence-corrected chi connectivity index (χ0v) is 11.0. The highest BCUT2D eigenvalue weighted by atomic mass is 32.1. The molecule has 0 amide bonds. The largest absolute Gasteiger partial charge is 0.344 e. The van der Waals surface area contributed by atoms with Gasteiger partial charge in [-0.2, -0.15) is 0 Å². The third kappa shape index (κ3) is 2.37. The summed E-state index contributed by atoms with van der Waals surface area (Å²) in [7, 11) is 0. The minimum atomic E-state index is -0.933. The lowest BCUT2D eigenvalue weighted by molar-refractivity contribution is 0.510. The molecule has 6 heteroatoms. The molecule has 0 aliphatic rings. The first kappa shape index (κ1) is 12.7. The number of nitrogens with one attached hydrogen (secondary N) is 2.